The van der Waals surface area contributed by atoms with Crippen LogP contribution >= 0.6 is 0 Å². The van der Waals surface area contributed by atoms with E-state index >= 15 is 0 Å². The van der Waals surface area contributed by atoms with Crippen LogP contribution < -0.4 is 0 Å². The molecule has 2 aliphatic rings. The van der Waals surface area contributed by atoms with Crippen molar-refractivity contribution in [3.8, 4) is 5.69 Å². The Morgan fingerprint density at radius 2 is 2.15 bits per heavy atom. The van der Waals surface area contributed by atoms with Crippen LogP contribution in [0.15, 0.2) is 18.2 Å². The zero-order valence-corrected chi connectivity index (χ0v) is 14.9. The monoisotopic (exact) mass is 373 g/mol. The van der Waals surface area contributed by atoms with Crippen molar-refractivity contribution in [2.24, 2.45) is 0 Å². The molecule has 1 unspecified atom stereocenters. The Balaban J connectivity index is 1.73. The van der Waals surface area contributed by atoms with Crippen molar-refractivity contribution in [3.63, 3.8) is 0 Å². The summed E-state index contributed by atoms with van der Waals surface area (Å²) in [7, 11) is 0. The minimum absolute atomic E-state index is 0.0193. The molecule has 0 bridgehead atoms. The minimum atomic E-state index is -1.09. The molecule has 142 valence electrons. The Morgan fingerprint density at radius 1 is 1.33 bits per heavy atom. The maximum Gasteiger partial charge on any atom is 0.334 e. The van der Waals surface area contributed by atoms with Crippen LogP contribution in [0.2, 0.25) is 0 Å². The van der Waals surface area contributed by atoms with E-state index in [0.717, 1.165) is 29.7 Å². The van der Waals surface area contributed by atoms with Crippen LogP contribution in [0.5, 0.6) is 0 Å². The van der Waals surface area contributed by atoms with E-state index in [9.17, 15) is 14.0 Å². The molecular formula is C19H20FN3O4. The van der Waals surface area contributed by atoms with Gasteiger partial charge in [-0.1, -0.05) is 12.1 Å². The summed E-state index contributed by atoms with van der Waals surface area (Å²) in [6.07, 6.45) is 1.27. The summed E-state index contributed by atoms with van der Waals surface area (Å²) in [4.78, 5) is 25.7. The molecule has 2 aromatic rings. The Hall–Kier alpha value is -2.74. The molecule has 0 spiro atoms. The van der Waals surface area contributed by atoms with Gasteiger partial charge in [-0.25, -0.2) is 13.9 Å². The first-order valence-corrected chi connectivity index (χ1v) is 8.97. The lowest BCUT2D eigenvalue weighted by Gasteiger charge is -2.30. The topological polar surface area (TPSA) is 84.7 Å². The van der Waals surface area contributed by atoms with E-state index in [1.54, 1.807) is 10.7 Å². The number of carbonyl (C=O) groups excluding carboxylic acids is 1. The standard InChI is InChI=1S/C19H20FN3O4/c1-11-4-2-6-13(20)17(11)23-14-7-3-5-12(14)16(21-23)18(24)22-8-9-27-15(10-22)19(25)26/h2,4,6,15H,3,5,7-10H2,1H3,(H,25,26). The van der Waals surface area contributed by atoms with E-state index in [0.29, 0.717) is 18.7 Å². The van der Waals surface area contributed by atoms with Crippen molar-refractivity contribution in [3.05, 3.63) is 46.5 Å². The van der Waals surface area contributed by atoms with Crippen LogP contribution in [-0.2, 0) is 22.4 Å². The molecule has 8 heteroatoms. The van der Waals surface area contributed by atoms with Gasteiger partial charge >= 0.3 is 5.97 Å². The molecule has 0 radical (unpaired) electrons. The van der Waals surface area contributed by atoms with Gasteiger partial charge in [-0.3, -0.25) is 4.79 Å². The van der Waals surface area contributed by atoms with Gasteiger partial charge in [-0.2, -0.15) is 5.10 Å². The lowest BCUT2D eigenvalue weighted by Crippen LogP contribution is -2.48. The Labute approximate surface area is 155 Å². The number of halogens is 1. The number of ether oxygens (including phenoxy) is 1. The quantitative estimate of drug-likeness (QED) is 0.886. The maximum absolute atomic E-state index is 14.5. The molecule has 1 N–H and O–H groups in total. The number of carbonyl (C=O) groups is 2. The molecule has 1 aromatic heterocycles. The van der Waals surface area contributed by atoms with Crippen molar-refractivity contribution in [1.29, 1.82) is 0 Å². The third-order valence-electron chi connectivity index (χ3n) is 5.16. The molecule has 4 rings (SSSR count). The van der Waals surface area contributed by atoms with Crippen molar-refractivity contribution < 1.29 is 23.8 Å². The predicted molar refractivity (Wildman–Crippen MR) is 93.6 cm³/mol. The largest absolute Gasteiger partial charge is 0.479 e. The van der Waals surface area contributed by atoms with E-state index in [1.807, 2.05) is 13.0 Å². The highest BCUT2D eigenvalue weighted by Crippen LogP contribution is 2.30. The Morgan fingerprint density at radius 3 is 2.89 bits per heavy atom. The van der Waals surface area contributed by atoms with Crippen molar-refractivity contribution in [2.75, 3.05) is 19.7 Å². The molecule has 1 aromatic carbocycles. The fourth-order valence-corrected chi connectivity index (χ4v) is 3.82. The Bertz CT molecular complexity index is 904. The van der Waals surface area contributed by atoms with Gasteiger partial charge in [0.25, 0.3) is 5.91 Å². The fourth-order valence-electron chi connectivity index (χ4n) is 3.82. The number of rotatable bonds is 3. The number of carboxylic acids is 1. The number of nitrogens with zero attached hydrogens (tertiary/aromatic N) is 3. The number of aromatic nitrogens is 2. The van der Waals surface area contributed by atoms with E-state index in [2.05, 4.69) is 5.10 Å². The third kappa shape index (κ3) is 2.99. The van der Waals surface area contributed by atoms with Crippen molar-refractivity contribution >= 4 is 11.9 Å². The van der Waals surface area contributed by atoms with Gasteiger partial charge in [0.1, 0.15) is 11.5 Å². The number of amides is 1. The fraction of sp³-hybridized carbons (Fsp3) is 0.421. The average Bonchev–Trinajstić information content (AvgIpc) is 3.25. The number of fused-ring (bicyclic) bond motifs is 1. The molecule has 1 fully saturated rings. The maximum atomic E-state index is 14.5. The summed E-state index contributed by atoms with van der Waals surface area (Å²) >= 11 is 0. The number of benzene rings is 1. The summed E-state index contributed by atoms with van der Waals surface area (Å²) in [6, 6.07) is 4.83. The molecule has 1 atom stereocenters. The van der Waals surface area contributed by atoms with E-state index < -0.39 is 12.1 Å². The third-order valence-corrected chi connectivity index (χ3v) is 5.16. The highest BCUT2D eigenvalue weighted by Gasteiger charge is 2.34. The van der Waals surface area contributed by atoms with Crippen LogP contribution in [-0.4, -0.2) is 57.5 Å². The van der Waals surface area contributed by atoms with E-state index in [-0.39, 0.29) is 30.6 Å². The summed E-state index contributed by atoms with van der Waals surface area (Å²) in [5.74, 6) is -1.80. The first-order valence-electron chi connectivity index (χ1n) is 8.97. The molecular weight excluding hydrogens is 353 g/mol. The highest BCUT2D eigenvalue weighted by atomic mass is 19.1. The number of hydrogen-bond donors (Lipinski definition) is 1. The minimum Gasteiger partial charge on any atom is -0.479 e. The number of carboxylic acid groups (broad SMARTS) is 1. The summed E-state index contributed by atoms with van der Waals surface area (Å²) in [5, 5.41) is 13.6. The van der Waals surface area contributed by atoms with Gasteiger partial charge in [0.2, 0.25) is 0 Å². The van der Waals surface area contributed by atoms with Gasteiger partial charge in [0, 0.05) is 17.8 Å². The number of morpholine rings is 1. The van der Waals surface area contributed by atoms with Gasteiger partial charge in [-0.15, -0.1) is 0 Å². The normalized spacial score (nSPS) is 19.2. The van der Waals surface area contributed by atoms with Gasteiger partial charge < -0.3 is 14.7 Å². The van der Waals surface area contributed by atoms with Gasteiger partial charge in [0.15, 0.2) is 11.8 Å². The second kappa shape index (κ2) is 6.77. The molecule has 1 saturated heterocycles. The SMILES string of the molecule is Cc1cccc(F)c1-n1nc(C(=O)N2CCOC(C(=O)O)C2)c2c1CCC2. The first-order chi connectivity index (χ1) is 13.0. The van der Waals surface area contributed by atoms with Gasteiger partial charge in [0.05, 0.1) is 13.2 Å². The molecule has 27 heavy (non-hydrogen) atoms. The lowest BCUT2D eigenvalue weighted by atomic mass is 10.1. The molecule has 0 saturated carbocycles. The molecule has 7 nitrogen and oxygen atoms in total. The molecule has 2 heterocycles. The second-order valence-electron chi connectivity index (χ2n) is 6.89. The highest BCUT2D eigenvalue weighted by molar-refractivity contribution is 5.94. The van der Waals surface area contributed by atoms with Gasteiger partial charge in [-0.05, 0) is 37.8 Å². The van der Waals surface area contributed by atoms with Crippen LogP contribution in [0.4, 0.5) is 4.39 Å². The van der Waals surface area contributed by atoms with E-state index in [1.165, 1.54) is 11.0 Å². The molecule has 1 amide bonds. The van der Waals surface area contributed by atoms with Crippen LogP contribution in [0, 0.1) is 12.7 Å². The number of para-hydroxylation sites is 1. The number of aryl methyl sites for hydroxylation is 1. The van der Waals surface area contributed by atoms with Crippen LogP contribution in [0.1, 0.15) is 33.7 Å². The molecule has 1 aliphatic carbocycles. The van der Waals surface area contributed by atoms with E-state index in [4.69, 9.17) is 9.84 Å². The van der Waals surface area contributed by atoms with Crippen molar-refractivity contribution in [2.45, 2.75) is 32.3 Å². The number of hydrogen-bond acceptors (Lipinski definition) is 4. The first kappa shape index (κ1) is 17.7. The molecule has 1 aliphatic heterocycles. The van der Waals surface area contributed by atoms with Crippen LogP contribution in [0.3, 0.4) is 0 Å². The summed E-state index contributed by atoms with van der Waals surface area (Å²) < 4.78 is 21.2. The lowest BCUT2D eigenvalue weighted by molar-refractivity contribution is -0.154. The zero-order chi connectivity index (χ0) is 19.1. The number of aliphatic carboxylic acids is 1. The smallest absolute Gasteiger partial charge is 0.334 e. The predicted octanol–water partition coefficient (Wildman–Crippen LogP) is 1.73. The second-order valence-corrected chi connectivity index (χ2v) is 6.89. The summed E-state index contributed by atoms with van der Waals surface area (Å²) in [6.45, 7) is 2.26. The zero-order valence-electron chi connectivity index (χ0n) is 14.9. The van der Waals surface area contributed by atoms with Crippen LogP contribution in [0.25, 0.3) is 5.69 Å². The summed E-state index contributed by atoms with van der Waals surface area (Å²) in [5.41, 5.74) is 3.08. The Kier molecular flexibility index (Phi) is 4.43. The van der Waals surface area contributed by atoms with Crippen molar-refractivity contribution in [1.82, 2.24) is 14.7 Å². The average molecular weight is 373 g/mol.